The molecule has 0 atom stereocenters. The van der Waals surface area contributed by atoms with E-state index in [4.69, 9.17) is 57.7 Å². The van der Waals surface area contributed by atoms with E-state index < -0.39 is 0 Å². The van der Waals surface area contributed by atoms with E-state index in [2.05, 4.69) is 0 Å². The maximum absolute atomic E-state index is 7.64. The van der Waals surface area contributed by atoms with Crippen molar-refractivity contribution in [3.8, 4) is 0 Å². The zero-order valence-corrected chi connectivity index (χ0v) is 10.1. The molecule has 1 aromatic carbocycles. The predicted molar refractivity (Wildman–Crippen MR) is 63.5 cm³/mol. The summed E-state index contributed by atoms with van der Waals surface area (Å²) in [4.78, 5) is 0. The van der Waals surface area contributed by atoms with Crippen molar-refractivity contribution in [1.29, 1.82) is 5.41 Å². The van der Waals surface area contributed by atoms with E-state index in [1.807, 2.05) is 0 Å². The second-order valence-corrected chi connectivity index (χ2v) is 4.44. The van der Waals surface area contributed by atoms with Crippen molar-refractivity contribution in [3.05, 3.63) is 25.7 Å². The Morgan fingerprint density at radius 1 is 1.00 bits per heavy atom. The number of nitrogens with two attached hydrogens (primary N) is 1. The number of hydrogen-bond acceptors (Lipinski definition) is 2. The standard InChI is InChI=1S/C8H4Cl4N3/c9-4-3-2(13)1-15(14)8(3)7(12)6(11)5(4)10/h1,13H,14H2/q+1. The molecular weight excluding hydrogens is 280 g/mol. The van der Waals surface area contributed by atoms with Crippen LogP contribution in [0.3, 0.4) is 0 Å². The number of nitrogens with one attached hydrogen (secondary N) is 1. The summed E-state index contributed by atoms with van der Waals surface area (Å²) in [7, 11) is 0. The lowest BCUT2D eigenvalue weighted by atomic mass is 10.1. The Morgan fingerprint density at radius 3 is 2.13 bits per heavy atom. The van der Waals surface area contributed by atoms with Crippen molar-refractivity contribution >= 4 is 64.0 Å². The maximum Gasteiger partial charge on any atom is 0.266 e. The monoisotopic (exact) mass is 282 g/mol. The molecule has 0 radical (unpaired) electrons. The van der Waals surface area contributed by atoms with Gasteiger partial charge in [-0.25, -0.2) is 5.84 Å². The summed E-state index contributed by atoms with van der Waals surface area (Å²) in [5.41, 5.74) is 0.956. The summed E-state index contributed by atoms with van der Waals surface area (Å²) in [6, 6.07) is 0. The van der Waals surface area contributed by atoms with E-state index in [1.165, 1.54) is 10.9 Å². The van der Waals surface area contributed by atoms with E-state index in [0.717, 1.165) is 0 Å². The zero-order chi connectivity index (χ0) is 11.3. The fraction of sp³-hybridized carbons (Fsp3) is 0. The number of halogens is 4. The van der Waals surface area contributed by atoms with Crippen LogP contribution in [0.4, 0.5) is 5.69 Å². The Kier molecular flexibility index (Phi) is 2.59. The number of fused-ring (bicyclic) bond motifs is 1. The van der Waals surface area contributed by atoms with Crippen molar-refractivity contribution in [2.24, 2.45) is 5.84 Å². The van der Waals surface area contributed by atoms with Crippen LogP contribution >= 0.6 is 46.4 Å². The molecule has 1 aliphatic rings. The first-order valence-corrected chi connectivity index (χ1v) is 5.30. The average Bonchev–Trinajstić information content (AvgIpc) is 2.47. The lowest BCUT2D eigenvalue weighted by molar-refractivity contribution is -0.443. The van der Waals surface area contributed by atoms with Gasteiger partial charge in [0, 0.05) is 0 Å². The number of rotatable bonds is 0. The topological polar surface area (TPSA) is 52.9 Å². The Balaban J connectivity index is 2.92. The van der Waals surface area contributed by atoms with E-state index in [0.29, 0.717) is 11.3 Å². The molecule has 0 aliphatic carbocycles. The molecule has 0 spiro atoms. The minimum atomic E-state index is 0.135. The first-order chi connectivity index (χ1) is 6.95. The van der Waals surface area contributed by atoms with Gasteiger partial charge in [0.2, 0.25) is 6.21 Å². The van der Waals surface area contributed by atoms with Crippen molar-refractivity contribution in [2.45, 2.75) is 0 Å². The highest BCUT2D eigenvalue weighted by Gasteiger charge is 2.34. The molecule has 3 nitrogen and oxygen atoms in total. The molecular formula is C8H4Cl4N3+. The first kappa shape index (κ1) is 11.0. The van der Waals surface area contributed by atoms with Crippen LogP contribution in [0.2, 0.25) is 20.1 Å². The highest BCUT2D eigenvalue weighted by molar-refractivity contribution is 6.56. The average molecular weight is 284 g/mol. The third-order valence-corrected chi connectivity index (χ3v) is 3.83. The molecule has 0 saturated carbocycles. The van der Waals surface area contributed by atoms with Crippen LogP contribution in [0.1, 0.15) is 5.56 Å². The molecule has 0 amide bonds. The lowest BCUT2D eigenvalue weighted by Crippen LogP contribution is -2.12. The van der Waals surface area contributed by atoms with E-state index in [1.54, 1.807) is 0 Å². The van der Waals surface area contributed by atoms with Gasteiger partial charge in [0.05, 0.1) is 15.1 Å². The highest BCUT2D eigenvalue weighted by Crippen LogP contribution is 2.46. The SMILES string of the molecule is N=C1C=[N+](N)c2c(Cl)c(Cl)c(Cl)c(Cl)c21. The molecule has 0 saturated heterocycles. The smallest absolute Gasteiger partial charge is 0.266 e. The molecule has 0 unspecified atom stereocenters. The van der Waals surface area contributed by atoms with Gasteiger partial charge in [0.1, 0.15) is 16.3 Å². The van der Waals surface area contributed by atoms with Gasteiger partial charge in [-0.2, -0.15) is 0 Å². The zero-order valence-electron chi connectivity index (χ0n) is 7.11. The largest absolute Gasteiger partial charge is 0.294 e. The molecule has 0 bridgehead atoms. The summed E-state index contributed by atoms with van der Waals surface area (Å²) in [6.07, 6.45) is 1.38. The highest BCUT2D eigenvalue weighted by atomic mass is 35.5. The number of nitrogens with zero attached hydrogens (tertiary/aromatic N) is 1. The van der Waals surface area contributed by atoms with Crippen LogP contribution in [0.5, 0.6) is 0 Å². The minimum Gasteiger partial charge on any atom is -0.294 e. The fourth-order valence-electron chi connectivity index (χ4n) is 1.38. The van der Waals surface area contributed by atoms with E-state index in [9.17, 15) is 0 Å². The molecule has 2 rings (SSSR count). The lowest BCUT2D eigenvalue weighted by Gasteiger charge is -2.05. The first-order valence-electron chi connectivity index (χ1n) is 3.78. The molecule has 0 fully saturated rings. The van der Waals surface area contributed by atoms with Crippen molar-refractivity contribution < 1.29 is 4.68 Å². The van der Waals surface area contributed by atoms with Gasteiger partial charge < -0.3 is 0 Å². The third-order valence-electron chi connectivity index (χ3n) is 2.04. The molecule has 1 aliphatic heterocycles. The molecule has 0 aromatic heterocycles. The second-order valence-electron chi connectivity index (χ2n) is 2.93. The van der Waals surface area contributed by atoms with Crippen LogP contribution in [0.15, 0.2) is 0 Å². The van der Waals surface area contributed by atoms with Gasteiger partial charge in [-0.1, -0.05) is 51.1 Å². The van der Waals surface area contributed by atoms with Gasteiger partial charge in [-0.15, -0.1) is 0 Å². The van der Waals surface area contributed by atoms with Crippen LogP contribution < -0.4 is 5.84 Å². The van der Waals surface area contributed by atoms with Gasteiger partial charge in [-0.3, -0.25) is 5.41 Å². The third kappa shape index (κ3) is 1.42. The molecule has 15 heavy (non-hydrogen) atoms. The number of hydrazine groups is 1. The van der Waals surface area contributed by atoms with Gasteiger partial charge in [-0.05, 0) is 0 Å². The summed E-state index contributed by atoms with van der Waals surface area (Å²) in [6.45, 7) is 0. The molecule has 78 valence electrons. The Hall–Kier alpha value is -0.480. The minimum absolute atomic E-state index is 0.135. The van der Waals surface area contributed by atoms with Crippen LogP contribution in [-0.2, 0) is 0 Å². The van der Waals surface area contributed by atoms with Gasteiger partial charge in [0.25, 0.3) is 5.69 Å². The summed E-state index contributed by atoms with van der Waals surface area (Å²) in [5.74, 6) is 5.62. The predicted octanol–water partition coefficient (Wildman–Crippen LogP) is 3.27. The van der Waals surface area contributed by atoms with Gasteiger partial charge in [0.15, 0.2) is 0 Å². The number of benzene rings is 1. The van der Waals surface area contributed by atoms with E-state index in [-0.39, 0.29) is 25.8 Å². The molecule has 3 N–H and O–H groups in total. The van der Waals surface area contributed by atoms with E-state index >= 15 is 0 Å². The van der Waals surface area contributed by atoms with Crippen molar-refractivity contribution in [1.82, 2.24) is 0 Å². The van der Waals surface area contributed by atoms with Crippen molar-refractivity contribution in [3.63, 3.8) is 0 Å². The summed E-state index contributed by atoms with van der Waals surface area (Å²) >= 11 is 23.6. The molecule has 7 heteroatoms. The summed E-state index contributed by atoms with van der Waals surface area (Å²) in [5, 5.41) is 8.30. The quantitative estimate of drug-likeness (QED) is 0.326. The second kappa shape index (κ2) is 3.52. The Bertz CT molecular complexity index is 521. The molecule has 1 heterocycles. The Morgan fingerprint density at radius 2 is 1.53 bits per heavy atom. The van der Waals surface area contributed by atoms with Crippen LogP contribution in [-0.4, -0.2) is 16.6 Å². The number of hydrogen-bond donors (Lipinski definition) is 2. The Labute approximate surface area is 105 Å². The van der Waals surface area contributed by atoms with Gasteiger partial charge >= 0.3 is 0 Å². The molecule has 1 aromatic rings. The normalized spacial score (nSPS) is 14.1. The number of hydrazone groups is 1. The fourth-order valence-corrected chi connectivity index (χ4v) is 2.42. The maximum atomic E-state index is 7.64. The summed E-state index contributed by atoms with van der Waals surface area (Å²) < 4.78 is 1.20. The van der Waals surface area contributed by atoms with Crippen molar-refractivity contribution in [2.75, 3.05) is 0 Å². The van der Waals surface area contributed by atoms with Crippen LogP contribution in [0, 0.1) is 5.41 Å². The van der Waals surface area contributed by atoms with Crippen LogP contribution in [0.25, 0.3) is 0 Å².